The number of carbonyl (C=O) groups is 1. The van der Waals surface area contributed by atoms with E-state index < -0.39 is 5.41 Å². The van der Waals surface area contributed by atoms with E-state index in [1.54, 1.807) is 40.0 Å². The van der Waals surface area contributed by atoms with Gasteiger partial charge < -0.3 is 14.2 Å². The van der Waals surface area contributed by atoms with Crippen LogP contribution in [0.3, 0.4) is 0 Å². The molecule has 0 fully saturated rings. The van der Waals surface area contributed by atoms with Crippen LogP contribution >= 0.6 is 0 Å². The minimum Gasteiger partial charge on any atom is -0.497 e. The third kappa shape index (κ3) is 3.95. The first kappa shape index (κ1) is 14.4. The highest BCUT2D eigenvalue weighted by atomic mass is 16.5. The van der Waals surface area contributed by atoms with Crippen LogP contribution in [-0.4, -0.2) is 26.3 Å². The van der Waals surface area contributed by atoms with Crippen LogP contribution in [0.15, 0.2) is 24.3 Å². The molecular weight excluding hydrogens is 232 g/mol. The lowest BCUT2D eigenvalue weighted by Crippen LogP contribution is -2.32. The molecule has 0 heterocycles. The first-order chi connectivity index (χ1) is 8.49. The van der Waals surface area contributed by atoms with E-state index in [0.29, 0.717) is 12.4 Å². The second kappa shape index (κ2) is 6.28. The van der Waals surface area contributed by atoms with Gasteiger partial charge >= 0.3 is 5.97 Å². The summed E-state index contributed by atoms with van der Waals surface area (Å²) in [4.78, 5) is 11.7. The molecule has 0 aliphatic rings. The molecule has 0 atom stereocenters. The molecule has 1 aromatic carbocycles. The Morgan fingerprint density at radius 3 is 2.22 bits per heavy atom. The van der Waals surface area contributed by atoms with Gasteiger partial charge in [-0.25, -0.2) is 0 Å². The summed E-state index contributed by atoms with van der Waals surface area (Å²) in [6, 6.07) is 7.24. The maximum absolute atomic E-state index is 11.7. The molecule has 0 spiro atoms. The van der Waals surface area contributed by atoms with Crippen LogP contribution < -0.4 is 9.47 Å². The standard InChI is InChI=1S/C14H20O4/c1-5-17-13(15)14(2,3)10-18-12-8-6-11(16-4)7-9-12/h6-9H,5,10H2,1-4H3. The number of ether oxygens (including phenoxy) is 3. The number of methoxy groups -OCH3 is 1. The molecule has 100 valence electrons. The van der Waals surface area contributed by atoms with Crippen LogP contribution in [0.25, 0.3) is 0 Å². The van der Waals surface area contributed by atoms with Crippen molar-refractivity contribution in [2.75, 3.05) is 20.3 Å². The van der Waals surface area contributed by atoms with Gasteiger partial charge in [-0.3, -0.25) is 4.79 Å². The largest absolute Gasteiger partial charge is 0.497 e. The van der Waals surface area contributed by atoms with Gasteiger partial charge in [0.2, 0.25) is 0 Å². The Kier molecular flexibility index (Phi) is 5.01. The zero-order valence-electron chi connectivity index (χ0n) is 11.4. The highest BCUT2D eigenvalue weighted by Crippen LogP contribution is 2.22. The van der Waals surface area contributed by atoms with E-state index >= 15 is 0 Å². The van der Waals surface area contributed by atoms with Crippen LogP contribution in [-0.2, 0) is 9.53 Å². The van der Waals surface area contributed by atoms with Crippen LogP contribution in [0.5, 0.6) is 11.5 Å². The highest BCUT2D eigenvalue weighted by Gasteiger charge is 2.30. The third-order valence-electron chi connectivity index (χ3n) is 2.49. The average molecular weight is 252 g/mol. The van der Waals surface area contributed by atoms with E-state index in [1.165, 1.54) is 0 Å². The van der Waals surface area contributed by atoms with Crippen molar-refractivity contribution >= 4 is 5.97 Å². The lowest BCUT2D eigenvalue weighted by atomic mass is 9.95. The maximum Gasteiger partial charge on any atom is 0.314 e. The molecule has 18 heavy (non-hydrogen) atoms. The van der Waals surface area contributed by atoms with Crippen molar-refractivity contribution in [1.29, 1.82) is 0 Å². The number of benzene rings is 1. The molecule has 0 N–H and O–H groups in total. The number of rotatable bonds is 6. The van der Waals surface area contributed by atoms with Crippen molar-refractivity contribution in [3.8, 4) is 11.5 Å². The highest BCUT2D eigenvalue weighted by molar-refractivity contribution is 5.76. The Morgan fingerprint density at radius 1 is 1.17 bits per heavy atom. The molecule has 0 unspecified atom stereocenters. The molecule has 0 radical (unpaired) electrons. The predicted octanol–water partition coefficient (Wildman–Crippen LogP) is 2.66. The van der Waals surface area contributed by atoms with Crippen LogP contribution in [0.2, 0.25) is 0 Å². The Balaban J connectivity index is 2.55. The van der Waals surface area contributed by atoms with E-state index in [-0.39, 0.29) is 12.6 Å². The molecule has 4 heteroatoms. The molecule has 0 aromatic heterocycles. The summed E-state index contributed by atoms with van der Waals surface area (Å²) in [5, 5.41) is 0. The molecule has 4 nitrogen and oxygen atoms in total. The molecule has 0 saturated heterocycles. The van der Waals surface area contributed by atoms with Crippen molar-refractivity contribution in [2.24, 2.45) is 5.41 Å². The summed E-state index contributed by atoms with van der Waals surface area (Å²) in [5.74, 6) is 1.22. The Bertz CT molecular complexity index is 381. The van der Waals surface area contributed by atoms with E-state index in [4.69, 9.17) is 14.2 Å². The summed E-state index contributed by atoms with van der Waals surface area (Å²) in [7, 11) is 1.61. The summed E-state index contributed by atoms with van der Waals surface area (Å²) >= 11 is 0. The van der Waals surface area contributed by atoms with Gasteiger partial charge in [0.1, 0.15) is 18.1 Å². The van der Waals surface area contributed by atoms with Crippen molar-refractivity contribution in [3.05, 3.63) is 24.3 Å². The first-order valence-corrected chi connectivity index (χ1v) is 5.93. The Labute approximate surface area is 108 Å². The Morgan fingerprint density at radius 2 is 1.72 bits per heavy atom. The van der Waals surface area contributed by atoms with Crippen LogP contribution in [0.1, 0.15) is 20.8 Å². The van der Waals surface area contributed by atoms with Gasteiger partial charge in [0.15, 0.2) is 0 Å². The quantitative estimate of drug-likeness (QED) is 0.730. The summed E-state index contributed by atoms with van der Waals surface area (Å²) in [6.45, 7) is 6.05. The van der Waals surface area contributed by atoms with Crippen molar-refractivity contribution < 1.29 is 19.0 Å². The summed E-state index contributed by atoms with van der Waals surface area (Å²) in [5.41, 5.74) is -0.657. The zero-order chi connectivity index (χ0) is 13.6. The third-order valence-corrected chi connectivity index (χ3v) is 2.49. The van der Waals surface area contributed by atoms with Gasteiger partial charge in [0.05, 0.1) is 19.1 Å². The normalized spacial score (nSPS) is 10.9. The van der Waals surface area contributed by atoms with E-state index in [2.05, 4.69) is 0 Å². The van der Waals surface area contributed by atoms with E-state index in [0.717, 1.165) is 5.75 Å². The monoisotopic (exact) mass is 252 g/mol. The lowest BCUT2D eigenvalue weighted by Gasteiger charge is -2.22. The average Bonchev–Trinajstić information content (AvgIpc) is 2.37. The van der Waals surface area contributed by atoms with Gasteiger partial charge in [-0.05, 0) is 45.0 Å². The molecular formula is C14H20O4. The number of esters is 1. The van der Waals surface area contributed by atoms with Crippen molar-refractivity contribution in [2.45, 2.75) is 20.8 Å². The molecule has 1 rings (SSSR count). The van der Waals surface area contributed by atoms with Gasteiger partial charge in [-0.2, -0.15) is 0 Å². The second-order valence-corrected chi connectivity index (χ2v) is 4.57. The molecule has 0 aliphatic heterocycles. The fraction of sp³-hybridized carbons (Fsp3) is 0.500. The van der Waals surface area contributed by atoms with Crippen LogP contribution in [0.4, 0.5) is 0 Å². The van der Waals surface area contributed by atoms with Crippen LogP contribution in [0, 0.1) is 5.41 Å². The topological polar surface area (TPSA) is 44.8 Å². The van der Waals surface area contributed by atoms with E-state index in [1.807, 2.05) is 12.1 Å². The number of hydrogen-bond donors (Lipinski definition) is 0. The molecule has 0 bridgehead atoms. The molecule has 1 aromatic rings. The number of hydrogen-bond acceptors (Lipinski definition) is 4. The molecule has 0 amide bonds. The fourth-order valence-electron chi connectivity index (χ4n) is 1.32. The fourth-order valence-corrected chi connectivity index (χ4v) is 1.32. The van der Waals surface area contributed by atoms with Gasteiger partial charge in [-0.1, -0.05) is 0 Å². The van der Waals surface area contributed by atoms with Gasteiger partial charge in [0, 0.05) is 0 Å². The minimum atomic E-state index is -0.657. The number of carbonyl (C=O) groups excluding carboxylic acids is 1. The minimum absolute atomic E-state index is 0.251. The molecule has 0 aliphatic carbocycles. The summed E-state index contributed by atoms with van der Waals surface area (Å²) < 4.78 is 15.6. The Hall–Kier alpha value is -1.71. The van der Waals surface area contributed by atoms with Gasteiger partial charge in [0.25, 0.3) is 0 Å². The van der Waals surface area contributed by atoms with E-state index in [9.17, 15) is 4.79 Å². The molecule has 0 saturated carbocycles. The maximum atomic E-state index is 11.7. The van der Waals surface area contributed by atoms with Crippen molar-refractivity contribution in [1.82, 2.24) is 0 Å². The van der Waals surface area contributed by atoms with Crippen molar-refractivity contribution in [3.63, 3.8) is 0 Å². The second-order valence-electron chi connectivity index (χ2n) is 4.57. The SMILES string of the molecule is CCOC(=O)C(C)(C)COc1ccc(OC)cc1. The first-order valence-electron chi connectivity index (χ1n) is 5.93. The van der Waals surface area contributed by atoms with Gasteiger partial charge in [-0.15, -0.1) is 0 Å². The zero-order valence-corrected chi connectivity index (χ0v) is 11.4. The summed E-state index contributed by atoms with van der Waals surface area (Å²) in [6.07, 6.45) is 0. The predicted molar refractivity (Wildman–Crippen MR) is 68.9 cm³/mol. The smallest absolute Gasteiger partial charge is 0.314 e. The lowest BCUT2D eigenvalue weighted by molar-refractivity contribution is -0.155.